The Bertz CT molecular complexity index is 406. The van der Waals surface area contributed by atoms with E-state index in [9.17, 15) is 4.79 Å². The number of rotatable bonds is 1. The molecule has 4 nitrogen and oxygen atoms in total. The summed E-state index contributed by atoms with van der Waals surface area (Å²) in [6, 6.07) is 9.01. The Morgan fingerprint density at radius 1 is 1.44 bits per heavy atom. The SMILES string of the molecule is CN1CCOSC1=NC(=O)c1ccccc1. The highest BCUT2D eigenvalue weighted by Gasteiger charge is 2.16. The molecule has 1 aromatic carbocycles. The van der Waals surface area contributed by atoms with Crippen molar-refractivity contribution in [2.75, 3.05) is 20.2 Å². The van der Waals surface area contributed by atoms with Crippen LogP contribution in [0.3, 0.4) is 0 Å². The highest BCUT2D eigenvalue weighted by molar-refractivity contribution is 8.09. The predicted molar refractivity (Wildman–Crippen MR) is 64.4 cm³/mol. The molecular weight excluding hydrogens is 224 g/mol. The number of hydrogen-bond donors (Lipinski definition) is 0. The largest absolute Gasteiger partial charge is 0.350 e. The molecule has 1 amide bonds. The van der Waals surface area contributed by atoms with Crippen LogP contribution in [0.25, 0.3) is 0 Å². The average Bonchev–Trinajstić information content (AvgIpc) is 2.33. The van der Waals surface area contributed by atoms with Gasteiger partial charge in [0.05, 0.1) is 18.6 Å². The van der Waals surface area contributed by atoms with Crippen LogP contribution in [0, 0.1) is 0 Å². The molecule has 5 heteroatoms. The molecule has 0 N–H and O–H groups in total. The van der Waals surface area contributed by atoms with Gasteiger partial charge in [-0.2, -0.15) is 4.99 Å². The first-order valence-electron chi connectivity index (χ1n) is 4.96. The number of aliphatic imine (C=N–C) groups is 1. The van der Waals surface area contributed by atoms with E-state index in [2.05, 4.69) is 4.99 Å². The van der Waals surface area contributed by atoms with Gasteiger partial charge in [-0.05, 0) is 12.1 Å². The zero-order valence-corrected chi connectivity index (χ0v) is 9.74. The van der Waals surface area contributed by atoms with E-state index in [4.69, 9.17) is 4.18 Å². The minimum Gasteiger partial charge on any atom is -0.350 e. The summed E-state index contributed by atoms with van der Waals surface area (Å²) < 4.78 is 5.18. The third-order valence-corrected chi connectivity index (χ3v) is 3.02. The Kier molecular flexibility index (Phi) is 3.58. The topological polar surface area (TPSA) is 41.9 Å². The second-order valence-corrected chi connectivity index (χ2v) is 4.16. The van der Waals surface area contributed by atoms with Crippen LogP contribution in [0.1, 0.15) is 10.4 Å². The number of nitrogens with zero attached hydrogens (tertiary/aromatic N) is 2. The normalized spacial score (nSPS) is 18.8. The minimum absolute atomic E-state index is 0.236. The standard InChI is InChI=1S/C11H12N2O2S/c1-13-7-8-15-16-11(13)12-10(14)9-5-3-2-4-6-9/h2-6H,7-8H2,1H3. The smallest absolute Gasteiger partial charge is 0.279 e. The van der Waals surface area contributed by atoms with Crippen LogP contribution < -0.4 is 0 Å². The van der Waals surface area contributed by atoms with E-state index in [1.165, 1.54) is 0 Å². The average molecular weight is 236 g/mol. The molecule has 1 fully saturated rings. The van der Waals surface area contributed by atoms with Crippen LogP contribution in [-0.2, 0) is 4.18 Å². The lowest BCUT2D eigenvalue weighted by Crippen LogP contribution is -2.32. The van der Waals surface area contributed by atoms with Gasteiger partial charge in [-0.3, -0.25) is 4.79 Å². The monoisotopic (exact) mass is 236 g/mol. The molecule has 1 aliphatic heterocycles. The molecule has 1 aromatic rings. The fourth-order valence-corrected chi connectivity index (χ4v) is 1.87. The number of carbonyl (C=O) groups is 1. The van der Waals surface area contributed by atoms with Crippen molar-refractivity contribution in [1.29, 1.82) is 0 Å². The Morgan fingerprint density at radius 3 is 2.88 bits per heavy atom. The summed E-state index contributed by atoms with van der Waals surface area (Å²) in [4.78, 5) is 17.7. The van der Waals surface area contributed by atoms with Gasteiger partial charge in [0.15, 0.2) is 5.17 Å². The van der Waals surface area contributed by atoms with Crippen molar-refractivity contribution < 1.29 is 8.98 Å². The second kappa shape index (κ2) is 5.14. The van der Waals surface area contributed by atoms with Crippen LogP contribution >= 0.6 is 12.0 Å². The highest BCUT2D eigenvalue weighted by atomic mass is 32.2. The summed E-state index contributed by atoms with van der Waals surface area (Å²) in [5.41, 5.74) is 0.592. The molecule has 0 saturated carbocycles. The Balaban J connectivity index is 2.14. The molecule has 1 saturated heterocycles. The van der Waals surface area contributed by atoms with E-state index < -0.39 is 0 Å². The maximum absolute atomic E-state index is 11.8. The number of benzene rings is 1. The van der Waals surface area contributed by atoms with E-state index in [0.717, 1.165) is 18.6 Å². The lowest BCUT2D eigenvalue weighted by atomic mass is 10.2. The zero-order chi connectivity index (χ0) is 11.4. The van der Waals surface area contributed by atoms with E-state index in [0.29, 0.717) is 17.3 Å². The number of amides is 1. The molecule has 0 unspecified atom stereocenters. The van der Waals surface area contributed by atoms with Crippen LogP contribution in [0.2, 0.25) is 0 Å². The lowest BCUT2D eigenvalue weighted by Gasteiger charge is -2.23. The van der Waals surface area contributed by atoms with Crippen molar-refractivity contribution in [2.24, 2.45) is 4.99 Å². The van der Waals surface area contributed by atoms with Gasteiger partial charge >= 0.3 is 0 Å². The van der Waals surface area contributed by atoms with E-state index in [1.807, 2.05) is 30.1 Å². The molecule has 0 aromatic heterocycles. The van der Waals surface area contributed by atoms with Crippen molar-refractivity contribution in [3.05, 3.63) is 35.9 Å². The molecule has 0 bridgehead atoms. The Morgan fingerprint density at radius 2 is 2.19 bits per heavy atom. The zero-order valence-electron chi connectivity index (χ0n) is 8.92. The van der Waals surface area contributed by atoms with E-state index >= 15 is 0 Å². The number of likely N-dealkylation sites (N-methyl/N-ethyl adjacent to an activating group) is 1. The molecule has 0 aliphatic carbocycles. The predicted octanol–water partition coefficient (Wildman–Crippen LogP) is 1.79. The maximum atomic E-state index is 11.8. The van der Waals surface area contributed by atoms with E-state index in [1.54, 1.807) is 12.1 Å². The summed E-state index contributed by atoms with van der Waals surface area (Å²) in [6.07, 6.45) is 0. The summed E-state index contributed by atoms with van der Waals surface area (Å²) in [7, 11) is 1.90. The molecule has 0 spiro atoms. The number of hydrogen-bond acceptors (Lipinski definition) is 3. The molecule has 1 heterocycles. The fraction of sp³-hybridized carbons (Fsp3) is 0.273. The first-order valence-corrected chi connectivity index (χ1v) is 5.70. The van der Waals surface area contributed by atoms with Gasteiger partial charge in [0.2, 0.25) is 0 Å². The van der Waals surface area contributed by atoms with Gasteiger partial charge in [0.1, 0.15) is 0 Å². The minimum atomic E-state index is -0.236. The summed E-state index contributed by atoms with van der Waals surface area (Å²) >= 11 is 1.15. The Labute approximate surface area is 98.5 Å². The van der Waals surface area contributed by atoms with Gasteiger partial charge in [-0.25, -0.2) is 0 Å². The summed E-state index contributed by atoms with van der Waals surface area (Å²) in [5.74, 6) is -0.236. The first kappa shape index (κ1) is 11.2. The van der Waals surface area contributed by atoms with Crippen molar-refractivity contribution in [1.82, 2.24) is 4.90 Å². The second-order valence-electron chi connectivity index (χ2n) is 3.39. The molecule has 1 aliphatic rings. The maximum Gasteiger partial charge on any atom is 0.279 e. The molecule has 2 rings (SSSR count). The van der Waals surface area contributed by atoms with Crippen LogP contribution in [0.4, 0.5) is 0 Å². The first-order chi connectivity index (χ1) is 7.77. The van der Waals surface area contributed by atoms with Crippen LogP contribution in [-0.4, -0.2) is 36.2 Å². The van der Waals surface area contributed by atoms with Gasteiger partial charge < -0.3 is 9.08 Å². The van der Waals surface area contributed by atoms with Crippen LogP contribution in [0.5, 0.6) is 0 Å². The van der Waals surface area contributed by atoms with E-state index in [-0.39, 0.29) is 5.91 Å². The van der Waals surface area contributed by atoms with Gasteiger partial charge in [-0.15, -0.1) is 0 Å². The van der Waals surface area contributed by atoms with Crippen molar-refractivity contribution in [2.45, 2.75) is 0 Å². The molecule has 0 radical (unpaired) electrons. The number of amidine groups is 1. The molecule has 84 valence electrons. The third kappa shape index (κ3) is 2.62. The lowest BCUT2D eigenvalue weighted by molar-refractivity contribution is 0.100. The summed E-state index contributed by atoms with van der Waals surface area (Å²) in [5, 5.41) is 0.611. The number of carbonyl (C=O) groups excluding carboxylic acids is 1. The van der Waals surface area contributed by atoms with Gasteiger partial charge in [0.25, 0.3) is 5.91 Å². The van der Waals surface area contributed by atoms with Gasteiger partial charge in [0, 0.05) is 19.2 Å². The highest BCUT2D eigenvalue weighted by Crippen LogP contribution is 2.15. The quantitative estimate of drug-likeness (QED) is 0.697. The Hall–Kier alpha value is -1.33. The summed E-state index contributed by atoms with van der Waals surface area (Å²) in [6.45, 7) is 1.41. The molecule has 0 atom stereocenters. The fourth-order valence-electron chi connectivity index (χ4n) is 1.26. The molecule has 16 heavy (non-hydrogen) atoms. The third-order valence-electron chi connectivity index (χ3n) is 2.19. The van der Waals surface area contributed by atoms with Crippen molar-refractivity contribution in [3.63, 3.8) is 0 Å². The van der Waals surface area contributed by atoms with Crippen molar-refractivity contribution >= 4 is 23.1 Å². The molecular formula is C11H12N2O2S. The van der Waals surface area contributed by atoms with Gasteiger partial charge in [-0.1, -0.05) is 18.2 Å². The van der Waals surface area contributed by atoms with Crippen LogP contribution in [0.15, 0.2) is 35.3 Å². The van der Waals surface area contributed by atoms with Crippen molar-refractivity contribution in [3.8, 4) is 0 Å².